The van der Waals surface area contributed by atoms with Gasteiger partial charge >= 0.3 is 0 Å². The van der Waals surface area contributed by atoms with Crippen LogP contribution >= 0.6 is 0 Å². The number of para-hydroxylation sites is 1. The molecule has 0 saturated heterocycles. The van der Waals surface area contributed by atoms with E-state index in [9.17, 15) is 4.79 Å². The summed E-state index contributed by atoms with van der Waals surface area (Å²) in [6.45, 7) is 0. The number of fused-ring (bicyclic) bond motifs is 7. The molecule has 2 unspecified atom stereocenters. The molecule has 1 aromatic heterocycles. The number of hydrogen-bond acceptors (Lipinski definition) is 1. The summed E-state index contributed by atoms with van der Waals surface area (Å²) in [5.74, 6) is 0.422. The zero-order valence-electron chi connectivity index (χ0n) is 10.9. The average molecular weight is 259 g/mol. The van der Waals surface area contributed by atoms with E-state index in [0.717, 1.165) is 12.0 Å². The molecule has 0 radical (unpaired) electrons. The van der Waals surface area contributed by atoms with E-state index in [1.54, 1.807) is 0 Å². The minimum atomic E-state index is 0.104. The van der Waals surface area contributed by atoms with Gasteiger partial charge in [-0.25, -0.2) is 0 Å². The lowest BCUT2D eigenvalue weighted by Crippen LogP contribution is -2.13. The van der Waals surface area contributed by atoms with Gasteiger partial charge in [-0.3, -0.25) is 4.79 Å². The molecule has 0 N–H and O–H groups in total. The lowest BCUT2D eigenvalue weighted by atomic mass is 9.98. The number of nitrogens with zero attached hydrogens (tertiary/aromatic N) is 1. The third-order valence-corrected chi connectivity index (χ3v) is 4.80. The van der Waals surface area contributed by atoms with Crippen LogP contribution in [0.3, 0.4) is 0 Å². The number of ketones is 1. The normalized spacial score (nSPS) is 22.9. The number of aromatic nitrogens is 1. The molecule has 2 atom stereocenters. The van der Waals surface area contributed by atoms with Crippen molar-refractivity contribution >= 4 is 16.7 Å². The Morgan fingerprint density at radius 1 is 1.00 bits per heavy atom. The molecule has 2 aliphatic rings. The van der Waals surface area contributed by atoms with E-state index in [4.69, 9.17) is 0 Å². The molecule has 2 heteroatoms. The number of rotatable bonds is 0. The average Bonchev–Trinajstić information content (AvgIpc) is 3.08. The van der Waals surface area contributed by atoms with Crippen molar-refractivity contribution in [2.45, 2.75) is 12.5 Å². The first-order valence-electron chi connectivity index (χ1n) is 7.06. The minimum absolute atomic E-state index is 0.104. The zero-order chi connectivity index (χ0) is 13.3. The van der Waals surface area contributed by atoms with E-state index in [0.29, 0.717) is 5.78 Å². The summed E-state index contributed by atoms with van der Waals surface area (Å²) in [4.78, 5) is 12.6. The standard InChI is InChI=1S/C18H13NO/c20-18-14-7-3-2-6-13(14)17-15(18)10-12-9-11-5-1-4-8-16(11)19(12)17/h1-9,15,17H,10H2. The Morgan fingerprint density at radius 3 is 2.75 bits per heavy atom. The molecule has 5 rings (SSSR count). The second-order valence-electron chi connectivity index (χ2n) is 5.77. The van der Waals surface area contributed by atoms with Crippen LogP contribution in [0, 0.1) is 5.92 Å². The molecule has 1 aliphatic heterocycles. The quantitative estimate of drug-likeness (QED) is 0.604. The van der Waals surface area contributed by atoms with Gasteiger partial charge in [0, 0.05) is 23.2 Å². The largest absolute Gasteiger partial charge is 0.336 e. The van der Waals surface area contributed by atoms with E-state index >= 15 is 0 Å². The van der Waals surface area contributed by atoms with Gasteiger partial charge in [0.25, 0.3) is 0 Å². The van der Waals surface area contributed by atoms with Gasteiger partial charge < -0.3 is 4.57 Å². The Balaban J connectivity index is 1.84. The second kappa shape index (κ2) is 3.40. The monoisotopic (exact) mass is 259 g/mol. The van der Waals surface area contributed by atoms with Crippen LogP contribution in [0.25, 0.3) is 10.9 Å². The van der Waals surface area contributed by atoms with Crippen molar-refractivity contribution in [1.29, 1.82) is 0 Å². The summed E-state index contributed by atoms with van der Waals surface area (Å²) in [6.07, 6.45) is 0.868. The molecule has 2 aromatic carbocycles. The number of Topliss-reactive ketones (excluding diaryl/α,β-unsaturated/α-hetero) is 1. The highest BCUT2D eigenvalue weighted by molar-refractivity contribution is 6.04. The van der Waals surface area contributed by atoms with Gasteiger partial charge in [0.15, 0.2) is 5.78 Å². The van der Waals surface area contributed by atoms with Crippen molar-refractivity contribution in [1.82, 2.24) is 4.57 Å². The van der Waals surface area contributed by atoms with Crippen LogP contribution in [0.2, 0.25) is 0 Å². The molecule has 2 nitrogen and oxygen atoms in total. The predicted molar refractivity (Wildman–Crippen MR) is 78.0 cm³/mol. The number of carbonyl (C=O) groups excluding carboxylic acids is 1. The van der Waals surface area contributed by atoms with Crippen LogP contribution < -0.4 is 0 Å². The fourth-order valence-electron chi connectivity index (χ4n) is 4.01. The predicted octanol–water partition coefficient (Wildman–Crippen LogP) is 3.60. The molecular formula is C18H13NO. The van der Waals surface area contributed by atoms with Crippen molar-refractivity contribution < 1.29 is 4.79 Å². The first-order valence-corrected chi connectivity index (χ1v) is 7.06. The van der Waals surface area contributed by atoms with Gasteiger partial charge in [-0.2, -0.15) is 0 Å². The maximum Gasteiger partial charge on any atom is 0.169 e. The second-order valence-corrected chi connectivity index (χ2v) is 5.77. The van der Waals surface area contributed by atoms with Gasteiger partial charge in [-0.1, -0.05) is 42.5 Å². The van der Waals surface area contributed by atoms with Crippen molar-refractivity contribution in [2.75, 3.05) is 0 Å². The van der Waals surface area contributed by atoms with Crippen molar-refractivity contribution in [3.05, 3.63) is 71.4 Å². The molecule has 3 aromatic rings. The Kier molecular flexibility index (Phi) is 1.77. The molecule has 0 saturated carbocycles. The van der Waals surface area contributed by atoms with E-state index < -0.39 is 0 Å². The summed E-state index contributed by atoms with van der Waals surface area (Å²) >= 11 is 0. The van der Waals surface area contributed by atoms with Gasteiger partial charge in [0.2, 0.25) is 0 Å². The molecule has 96 valence electrons. The van der Waals surface area contributed by atoms with E-state index in [1.165, 1.54) is 22.2 Å². The number of hydrogen-bond donors (Lipinski definition) is 0. The van der Waals surface area contributed by atoms with E-state index in [-0.39, 0.29) is 12.0 Å². The maximum absolute atomic E-state index is 12.6. The van der Waals surface area contributed by atoms with E-state index in [1.807, 2.05) is 18.2 Å². The lowest BCUT2D eigenvalue weighted by Gasteiger charge is -2.14. The van der Waals surface area contributed by atoms with Crippen molar-refractivity contribution in [2.24, 2.45) is 5.92 Å². The third kappa shape index (κ3) is 1.08. The Morgan fingerprint density at radius 2 is 1.80 bits per heavy atom. The molecule has 2 heterocycles. The highest BCUT2D eigenvalue weighted by Crippen LogP contribution is 2.47. The molecule has 1 aliphatic carbocycles. The van der Waals surface area contributed by atoms with Crippen LogP contribution in [-0.4, -0.2) is 10.4 Å². The topological polar surface area (TPSA) is 22.0 Å². The van der Waals surface area contributed by atoms with Crippen LogP contribution in [0.4, 0.5) is 0 Å². The van der Waals surface area contributed by atoms with E-state index in [2.05, 4.69) is 41.0 Å². The van der Waals surface area contributed by atoms with Crippen molar-refractivity contribution in [3.63, 3.8) is 0 Å². The summed E-state index contributed by atoms with van der Waals surface area (Å²) in [5, 5.41) is 1.28. The Hall–Kier alpha value is -2.35. The maximum atomic E-state index is 12.6. The summed E-state index contributed by atoms with van der Waals surface area (Å²) in [7, 11) is 0. The van der Waals surface area contributed by atoms with Gasteiger partial charge in [-0.15, -0.1) is 0 Å². The van der Waals surface area contributed by atoms with Crippen molar-refractivity contribution in [3.8, 4) is 0 Å². The zero-order valence-corrected chi connectivity index (χ0v) is 10.9. The third-order valence-electron chi connectivity index (χ3n) is 4.80. The highest BCUT2D eigenvalue weighted by Gasteiger charge is 2.45. The first-order chi connectivity index (χ1) is 9.84. The van der Waals surface area contributed by atoms with Crippen LogP contribution in [-0.2, 0) is 6.42 Å². The fraction of sp³-hybridized carbons (Fsp3) is 0.167. The van der Waals surface area contributed by atoms with Crippen LogP contribution in [0.1, 0.15) is 27.7 Å². The Labute approximate surface area is 116 Å². The van der Waals surface area contributed by atoms with Gasteiger partial charge in [0.05, 0.1) is 12.0 Å². The van der Waals surface area contributed by atoms with Crippen LogP contribution in [0.15, 0.2) is 54.6 Å². The number of carbonyl (C=O) groups is 1. The fourth-order valence-corrected chi connectivity index (χ4v) is 4.01. The molecule has 0 spiro atoms. The molecule has 20 heavy (non-hydrogen) atoms. The highest BCUT2D eigenvalue weighted by atomic mass is 16.1. The molecule has 0 amide bonds. The smallest absolute Gasteiger partial charge is 0.169 e. The lowest BCUT2D eigenvalue weighted by molar-refractivity contribution is 0.0929. The van der Waals surface area contributed by atoms with Crippen LogP contribution in [0.5, 0.6) is 0 Å². The summed E-state index contributed by atoms with van der Waals surface area (Å²) in [5.41, 5.74) is 4.66. The first kappa shape index (κ1) is 10.4. The molecule has 0 fully saturated rings. The summed E-state index contributed by atoms with van der Waals surface area (Å²) in [6, 6.07) is 19.0. The molecular weight excluding hydrogens is 246 g/mol. The summed E-state index contributed by atoms with van der Waals surface area (Å²) < 4.78 is 2.38. The number of benzene rings is 2. The molecule has 0 bridgehead atoms. The van der Waals surface area contributed by atoms with Gasteiger partial charge in [0.1, 0.15) is 0 Å². The minimum Gasteiger partial charge on any atom is -0.336 e. The van der Waals surface area contributed by atoms with Gasteiger partial charge in [-0.05, 0) is 23.1 Å². The SMILES string of the molecule is O=C1c2ccccc2C2C1Cc1cc3ccccc3n12. The Bertz CT molecular complexity index is 874.